The third-order valence-corrected chi connectivity index (χ3v) is 6.39. The summed E-state index contributed by atoms with van der Waals surface area (Å²) >= 11 is 1.42. The molecule has 6 nitrogen and oxygen atoms in total. The summed E-state index contributed by atoms with van der Waals surface area (Å²) < 4.78 is 25.0. The number of nitrogens with zero attached hydrogens (tertiary/aromatic N) is 1. The molecule has 1 aliphatic rings. The Balaban J connectivity index is 1.65. The summed E-state index contributed by atoms with van der Waals surface area (Å²) in [4.78, 5) is 24.5. The number of ketones is 1. The van der Waals surface area contributed by atoms with Crippen molar-refractivity contribution in [3.63, 3.8) is 0 Å². The smallest absolute Gasteiger partial charge is 0.232 e. The second-order valence-corrected chi connectivity index (χ2v) is 9.30. The minimum atomic E-state index is -3.29. The molecule has 0 saturated carbocycles. The van der Waals surface area contributed by atoms with Crippen LogP contribution in [-0.4, -0.2) is 38.7 Å². The van der Waals surface area contributed by atoms with Crippen LogP contribution < -0.4 is 9.62 Å². The summed E-state index contributed by atoms with van der Waals surface area (Å²) in [5, 5.41) is 2.70. The first-order valence-electron chi connectivity index (χ1n) is 8.38. The van der Waals surface area contributed by atoms with Gasteiger partial charge in [0.2, 0.25) is 15.9 Å². The number of carbonyl (C=O) groups is 2. The molecule has 8 heteroatoms. The second kappa shape index (κ2) is 7.74. The van der Waals surface area contributed by atoms with E-state index < -0.39 is 10.0 Å². The standard InChI is InChI=1S/C19H20N2O4S2/c1-13(22)20-16-4-6-17(7-5-16)26-12-19(23)15-3-8-18-14(11-15)9-10-21(18)27(2,24)25/h3-8,11H,9-10,12H2,1-2H3,(H,20,22). The van der Waals surface area contributed by atoms with E-state index in [0.717, 1.165) is 10.5 Å². The topological polar surface area (TPSA) is 83.6 Å². The van der Waals surface area contributed by atoms with Crippen molar-refractivity contribution in [1.29, 1.82) is 0 Å². The van der Waals surface area contributed by atoms with Gasteiger partial charge in [0.25, 0.3) is 0 Å². The molecule has 27 heavy (non-hydrogen) atoms. The van der Waals surface area contributed by atoms with E-state index >= 15 is 0 Å². The molecule has 1 amide bonds. The second-order valence-electron chi connectivity index (χ2n) is 6.35. The maximum Gasteiger partial charge on any atom is 0.232 e. The van der Waals surface area contributed by atoms with Gasteiger partial charge in [0.15, 0.2) is 5.78 Å². The lowest BCUT2D eigenvalue weighted by Gasteiger charge is -2.16. The Hall–Kier alpha value is -2.32. The molecule has 0 spiro atoms. The highest BCUT2D eigenvalue weighted by Gasteiger charge is 2.26. The van der Waals surface area contributed by atoms with E-state index in [1.54, 1.807) is 30.3 Å². The van der Waals surface area contributed by atoms with E-state index in [4.69, 9.17) is 0 Å². The average molecular weight is 405 g/mol. The summed E-state index contributed by atoms with van der Waals surface area (Å²) in [6.45, 7) is 1.87. The predicted molar refractivity (Wildman–Crippen MR) is 108 cm³/mol. The number of carbonyl (C=O) groups excluding carboxylic acids is 2. The Morgan fingerprint density at radius 1 is 1.15 bits per heavy atom. The normalized spacial score (nSPS) is 13.3. The molecule has 0 aliphatic carbocycles. The fourth-order valence-electron chi connectivity index (χ4n) is 2.96. The van der Waals surface area contributed by atoms with Gasteiger partial charge in [-0.05, 0) is 54.4 Å². The zero-order chi connectivity index (χ0) is 19.6. The van der Waals surface area contributed by atoms with Crippen molar-refractivity contribution in [2.45, 2.75) is 18.2 Å². The van der Waals surface area contributed by atoms with Gasteiger partial charge in [-0.25, -0.2) is 8.42 Å². The molecule has 0 aromatic heterocycles. The van der Waals surface area contributed by atoms with Crippen molar-refractivity contribution in [1.82, 2.24) is 0 Å². The lowest BCUT2D eigenvalue weighted by Crippen LogP contribution is -2.27. The molecule has 142 valence electrons. The van der Waals surface area contributed by atoms with Gasteiger partial charge in [-0.3, -0.25) is 13.9 Å². The van der Waals surface area contributed by atoms with Crippen LogP contribution in [0.2, 0.25) is 0 Å². The number of sulfonamides is 1. The number of hydrogen-bond acceptors (Lipinski definition) is 5. The van der Waals surface area contributed by atoms with Gasteiger partial charge in [-0.2, -0.15) is 0 Å². The lowest BCUT2D eigenvalue weighted by atomic mass is 10.1. The van der Waals surface area contributed by atoms with Gasteiger partial charge in [-0.15, -0.1) is 11.8 Å². The number of nitrogens with one attached hydrogen (secondary N) is 1. The largest absolute Gasteiger partial charge is 0.326 e. The van der Waals surface area contributed by atoms with E-state index in [0.29, 0.717) is 29.9 Å². The zero-order valence-electron chi connectivity index (χ0n) is 15.1. The van der Waals surface area contributed by atoms with Crippen molar-refractivity contribution in [2.24, 2.45) is 0 Å². The van der Waals surface area contributed by atoms with E-state index in [1.807, 2.05) is 12.1 Å². The van der Waals surface area contributed by atoms with Crippen LogP contribution in [0.1, 0.15) is 22.8 Å². The molecule has 0 unspecified atom stereocenters. The number of thioether (sulfide) groups is 1. The van der Waals surface area contributed by atoms with Crippen LogP contribution >= 0.6 is 11.8 Å². The van der Waals surface area contributed by atoms with E-state index in [-0.39, 0.29) is 17.4 Å². The predicted octanol–water partition coefficient (Wildman–Crippen LogP) is 2.94. The molecule has 3 rings (SSSR count). The van der Waals surface area contributed by atoms with Crippen molar-refractivity contribution >= 4 is 44.9 Å². The Bertz CT molecular complexity index is 985. The molecule has 0 bridgehead atoms. The number of hydrogen-bond donors (Lipinski definition) is 1. The van der Waals surface area contributed by atoms with Gasteiger partial charge < -0.3 is 5.32 Å². The van der Waals surface area contributed by atoms with Crippen LogP contribution in [0.15, 0.2) is 47.4 Å². The van der Waals surface area contributed by atoms with E-state index in [2.05, 4.69) is 5.32 Å². The SMILES string of the molecule is CC(=O)Nc1ccc(SCC(=O)c2ccc3c(c2)CCN3S(C)(=O)=O)cc1. The Labute approximate surface area is 163 Å². The molecule has 1 heterocycles. The fraction of sp³-hybridized carbons (Fsp3) is 0.263. The molecular formula is C19H20N2O4S2. The summed E-state index contributed by atoms with van der Waals surface area (Å²) in [6, 6.07) is 12.5. The Morgan fingerprint density at radius 3 is 2.48 bits per heavy atom. The number of benzene rings is 2. The monoisotopic (exact) mass is 404 g/mol. The zero-order valence-corrected chi connectivity index (χ0v) is 16.7. The lowest BCUT2D eigenvalue weighted by molar-refractivity contribution is -0.114. The van der Waals surface area contributed by atoms with E-state index in [9.17, 15) is 18.0 Å². The summed E-state index contributed by atoms with van der Waals surface area (Å²) in [6.07, 6.45) is 1.80. The van der Waals surface area contributed by atoms with Gasteiger partial charge in [0.1, 0.15) is 0 Å². The Morgan fingerprint density at radius 2 is 1.85 bits per heavy atom. The van der Waals surface area contributed by atoms with Crippen molar-refractivity contribution in [3.8, 4) is 0 Å². The Kier molecular flexibility index (Phi) is 5.57. The highest BCUT2D eigenvalue weighted by Crippen LogP contribution is 2.31. The summed E-state index contributed by atoms with van der Waals surface area (Å²) in [5.41, 5.74) is 2.85. The maximum absolute atomic E-state index is 12.5. The van der Waals surface area contributed by atoms with Gasteiger partial charge in [-0.1, -0.05) is 0 Å². The van der Waals surface area contributed by atoms with Crippen molar-refractivity contribution in [3.05, 3.63) is 53.6 Å². The van der Waals surface area contributed by atoms with Crippen LogP contribution in [0.4, 0.5) is 11.4 Å². The van der Waals surface area contributed by atoms with Crippen molar-refractivity contribution < 1.29 is 18.0 Å². The average Bonchev–Trinajstić information content (AvgIpc) is 3.04. The first-order valence-corrected chi connectivity index (χ1v) is 11.2. The number of rotatable bonds is 6. The van der Waals surface area contributed by atoms with E-state index in [1.165, 1.54) is 29.2 Å². The summed E-state index contributed by atoms with van der Waals surface area (Å²) in [5.74, 6) is 0.150. The molecule has 0 atom stereocenters. The molecule has 2 aromatic carbocycles. The van der Waals surface area contributed by atoms with Crippen LogP contribution in [0.3, 0.4) is 0 Å². The van der Waals surface area contributed by atoms with Crippen LogP contribution in [0.25, 0.3) is 0 Å². The quantitative estimate of drug-likeness (QED) is 0.591. The number of fused-ring (bicyclic) bond motifs is 1. The first-order chi connectivity index (χ1) is 12.7. The number of amides is 1. The molecule has 0 radical (unpaired) electrons. The highest BCUT2D eigenvalue weighted by atomic mass is 32.2. The summed E-state index contributed by atoms with van der Waals surface area (Å²) in [7, 11) is -3.29. The maximum atomic E-state index is 12.5. The minimum Gasteiger partial charge on any atom is -0.326 e. The molecule has 1 N–H and O–H groups in total. The molecular weight excluding hydrogens is 384 g/mol. The fourth-order valence-corrected chi connectivity index (χ4v) is 4.71. The number of anilines is 2. The number of Topliss-reactive ketones (excluding diaryl/α,β-unsaturated/α-hetero) is 1. The van der Waals surface area contributed by atoms with Crippen LogP contribution in [-0.2, 0) is 21.2 Å². The molecule has 0 saturated heterocycles. The van der Waals surface area contributed by atoms with Gasteiger partial charge >= 0.3 is 0 Å². The highest BCUT2D eigenvalue weighted by molar-refractivity contribution is 8.00. The molecule has 1 aliphatic heterocycles. The molecule has 2 aromatic rings. The first kappa shape index (κ1) is 19.4. The molecule has 0 fully saturated rings. The third-order valence-electron chi connectivity index (χ3n) is 4.20. The van der Waals surface area contributed by atoms with Crippen molar-refractivity contribution in [2.75, 3.05) is 28.2 Å². The van der Waals surface area contributed by atoms with Gasteiger partial charge in [0.05, 0.1) is 17.7 Å². The van der Waals surface area contributed by atoms with Gasteiger partial charge in [0, 0.05) is 29.6 Å². The van der Waals surface area contributed by atoms with Crippen LogP contribution in [0, 0.1) is 0 Å². The third kappa shape index (κ3) is 4.70. The minimum absolute atomic E-state index is 0.00783. The van der Waals surface area contributed by atoms with Crippen LogP contribution in [0.5, 0.6) is 0 Å².